The summed E-state index contributed by atoms with van der Waals surface area (Å²) in [5.74, 6) is -2.59. The molecule has 4 heteroatoms. The van der Waals surface area contributed by atoms with Gasteiger partial charge in [-0.05, 0) is 19.8 Å². The molecule has 1 N–H and O–H groups in total. The molecule has 14 heavy (non-hydrogen) atoms. The van der Waals surface area contributed by atoms with Gasteiger partial charge < -0.3 is 9.84 Å². The highest BCUT2D eigenvalue weighted by atomic mass is 16.5. The lowest BCUT2D eigenvalue weighted by Crippen LogP contribution is -2.31. The van der Waals surface area contributed by atoms with Gasteiger partial charge in [-0.3, -0.25) is 9.59 Å². The Labute approximate surface area is 82.6 Å². The van der Waals surface area contributed by atoms with Crippen molar-refractivity contribution in [3.05, 3.63) is 12.2 Å². The summed E-state index contributed by atoms with van der Waals surface area (Å²) in [6.07, 6.45) is 4.68. The number of hydrogen-bond donors (Lipinski definition) is 1. The van der Waals surface area contributed by atoms with Crippen LogP contribution < -0.4 is 0 Å². The van der Waals surface area contributed by atoms with E-state index in [0.717, 1.165) is 6.42 Å². The molecule has 0 bridgehead atoms. The van der Waals surface area contributed by atoms with Gasteiger partial charge in [0.05, 0.1) is 18.4 Å². The van der Waals surface area contributed by atoms with E-state index in [0.29, 0.717) is 13.0 Å². The van der Waals surface area contributed by atoms with Crippen molar-refractivity contribution >= 4 is 11.9 Å². The number of carbonyl (C=O) groups is 2. The summed E-state index contributed by atoms with van der Waals surface area (Å²) in [5.41, 5.74) is 0. The van der Waals surface area contributed by atoms with E-state index in [1.807, 2.05) is 0 Å². The normalized spacial score (nSPS) is 25.8. The van der Waals surface area contributed by atoms with E-state index in [2.05, 4.69) is 0 Å². The average molecular weight is 198 g/mol. The van der Waals surface area contributed by atoms with Gasteiger partial charge in [0.15, 0.2) is 0 Å². The second-order valence-electron chi connectivity index (χ2n) is 3.23. The topological polar surface area (TPSA) is 63.6 Å². The van der Waals surface area contributed by atoms with E-state index >= 15 is 0 Å². The Balaban J connectivity index is 2.70. The fraction of sp³-hybridized carbons (Fsp3) is 0.600. The Morgan fingerprint density at radius 2 is 2.29 bits per heavy atom. The molecule has 0 fully saturated rings. The van der Waals surface area contributed by atoms with Crippen LogP contribution in [0.1, 0.15) is 19.8 Å². The Morgan fingerprint density at radius 3 is 2.86 bits per heavy atom. The van der Waals surface area contributed by atoms with Crippen LogP contribution in [0, 0.1) is 11.8 Å². The van der Waals surface area contributed by atoms with E-state index in [1.54, 1.807) is 19.1 Å². The molecule has 0 unspecified atom stereocenters. The molecule has 0 spiro atoms. The van der Waals surface area contributed by atoms with Crippen LogP contribution in [0.15, 0.2) is 12.2 Å². The lowest BCUT2D eigenvalue weighted by atomic mass is 9.84. The van der Waals surface area contributed by atoms with Crippen molar-refractivity contribution in [1.29, 1.82) is 0 Å². The highest BCUT2D eigenvalue weighted by Gasteiger charge is 2.34. The van der Waals surface area contributed by atoms with Crippen LogP contribution in [0.3, 0.4) is 0 Å². The molecule has 0 aromatic heterocycles. The van der Waals surface area contributed by atoms with E-state index in [1.165, 1.54) is 0 Å². The van der Waals surface area contributed by atoms with Crippen molar-refractivity contribution in [2.24, 2.45) is 11.8 Å². The molecular weight excluding hydrogens is 184 g/mol. The number of carbonyl (C=O) groups excluding carboxylic acids is 1. The third kappa shape index (κ3) is 2.34. The van der Waals surface area contributed by atoms with Gasteiger partial charge >= 0.3 is 11.9 Å². The molecule has 0 radical (unpaired) electrons. The first-order chi connectivity index (χ1) is 6.66. The van der Waals surface area contributed by atoms with Crippen LogP contribution in [0.4, 0.5) is 0 Å². The number of aliphatic carboxylic acids is 1. The van der Waals surface area contributed by atoms with E-state index < -0.39 is 23.8 Å². The molecule has 1 aliphatic carbocycles. The largest absolute Gasteiger partial charge is 0.481 e. The molecule has 1 rings (SSSR count). The van der Waals surface area contributed by atoms with Gasteiger partial charge in [-0.15, -0.1) is 0 Å². The number of esters is 1. The number of hydrogen-bond acceptors (Lipinski definition) is 3. The maximum atomic E-state index is 11.4. The van der Waals surface area contributed by atoms with Crippen molar-refractivity contribution in [1.82, 2.24) is 0 Å². The van der Waals surface area contributed by atoms with Crippen LogP contribution in [0.25, 0.3) is 0 Å². The monoisotopic (exact) mass is 198 g/mol. The fourth-order valence-corrected chi connectivity index (χ4v) is 1.60. The zero-order valence-electron chi connectivity index (χ0n) is 8.10. The molecule has 0 saturated heterocycles. The van der Waals surface area contributed by atoms with Crippen molar-refractivity contribution < 1.29 is 19.4 Å². The first-order valence-corrected chi connectivity index (χ1v) is 4.73. The summed E-state index contributed by atoms with van der Waals surface area (Å²) in [5, 5.41) is 8.87. The minimum absolute atomic E-state index is 0.297. The number of carboxylic acids is 1. The second kappa shape index (κ2) is 4.79. The Hall–Kier alpha value is -1.32. The molecule has 1 aliphatic rings. The predicted molar refractivity (Wildman–Crippen MR) is 49.6 cm³/mol. The number of ether oxygens (including phenoxy) is 1. The Kier molecular flexibility index (Phi) is 3.68. The van der Waals surface area contributed by atoms with Gasteiger partial charge in [0.25, 0.3) is 0 Å². The van der Waals surface area contributed by atoms with Crippen LogP contribution in [0.2, 0.25) is 0 Å². The summed E-state index contributed by atoms with van der Waals surface area (Å²) in [6, 6.07) is 0. The first kappa shape index (κ1) is 10.8. The SMILES string of the molecule is CCOC(=O)[C@H]1CCC=C[C@H]1C(=O)O. The van der Waals surface area contributed by atoms with E-state index in [9.17, 15) is 9.59 Å². The Morgan fingerprint density at radius 1 is 1.57 bits per heavy atom. The zero-order chi connectivity index (χ0) is 10.6. The predicted octanol–water partition coefficient (Wildman–Crippen LogP) is 1.22. The molecule has 2 atom stereocenters. The quantitative estimate of drug-likeness (QED) is 0.547. The molecular formula is C10H14O4. The van der Waals surface area contributed by atoms with Crippen molar-refractivity contribution in [3.8, 4) is 0 Å². The molecule has 0 aromatic carbocycles. The number of carboxylic acid groups (broad SMARTS) is 1. The standard InChI is InChI=1S/C10H14O4/c1-2-14-10(13)8-6-4-3-5-7(8)9(11)12/h3,5,7-8H,2,4,6H2,1H3,(H,11,12)/t7-,8+/m1/s1. The molecule has 0 aliphatic heterocycles. The van der Waals surface area contributed by atoms with Gasteiger partial charge in [0.1, 0.15) is 0 Å². The maximum absolute atomic E-state index is 11.4. The summed E-state index contributed by atoms with van der Waals surface area (Å²) in [7, 11) is 0. The van der Waals surface area contributed by atoms with Crippen LogP contribution in [-0.2, 0) is 14.3 Å². The molecule has 4 nitrogen and oxygen atoms in total. The van der Waals surface area contributed by atoms with Crippen molar-refractivity contribution in [2.45, 2.75) is 19.8 Å². The van der Waals surface area contributed by atoms with Crippen LogP contribution in [0.5, 0.6) is 0 Å². The molecule has 0 aromatic rings. The minimum atomic E-state index is -0.959. The maximum Gasteiger partial charge on any atom is 0.311 e. The lowest BCUT2D eigenvalue weighted by Gasteiger charge is -2.22. The molecule has 0 amide bonds. The van der Waals surface area contributed by atoms with Gasteiger partial charge in [-0.2, -0.15) is 0 Å². The Bertz CT molecular complexity index is 257. The second-order valence-corrected chi connectivity index (χ2v) is 3.23. The number of rotatable bonds is 3. The third-order valence-electron chi connectivity index (χ3n) is 2.30. The van der Waals surface area contributed by atoms with Crippen molar-refractivity contribution in [3.63, 3.8) is 0 Å². The summed E-state index contributed by atoms with van der Waals surface area (Å²) < 4.78 is 4.83. The summed E-state index contributed by atoms with van der Waals surface area (Å²) in [6.45, 7) is 2.01. The van der Waals surface area contributed by atoms with Gasteiger partial charge in [0.2, 0.25) is 0 Å². The van der Waals surface area contributed by atoms with Gasteiger partial charge in [-0.25, -0.2) is 0 Å². The van der Waals surface area contributed by atoms with E-state index in [4.69, 9.17) is 9.84 Å². The summed E-state index contributed by atoms with van der Waals surface area (Å²) in [4.78, 5) is 22.2. The summed E-state index contributed by atoms with van der Waals surface area (Å²) >= 11 is 0. The van der Waals surface area contributed by atoms with Gasteiger partial charge in [-0.1, -0.05) is 12.2 Å². The van der Waals surface area contributed by atoms with Gasteiger partial charge in [0, 0.05) is 0 Å². The molecule has 78 valence electrons. The highest BCUT2D eigenvalue weighted by Crippen LogP contribution is 2.26. The lowest BCUT2D eigenvalue weighted by molar-refractivity contribution is -0.156. The smallest absolute Gasteiger partial charge is 0.311 e. The average Bonchev–Trinajstić information content (AvgIpc) is 2.18. The van der Waals surface area contributed by atoms with Crippen LogP contribution in [-0.4, -0.2) is 23.7 Å². The fourth-order valence-electron chi connectivity index (χ4n) is 1.60. The molecule has 0 heterocycles. The minimum Gasteiger partial charge on any atom is -0.481 e. The van der Waals surface area contributed by atoms with Crippen LogP contribution >= 0.6 is 0 Å². The van der Waals surface area contributed by atoms with E-state index in [-0.39, 0.29) is 0 Å². The first-order valence-electron chi connectivity index (χ1n) is 4.73. The molecule has 0 saturated carbocycles. The number of allylic oxidation sites excluding steroid dienone is 1. The zero-order valence-corrected chi connectivity index (χ0v) is 8.10. The highest BCUT2D eigenvalue weighted by molar-refractivity contribution is 5.82. The third-order valence-corrected chi connectivity index (χ3v) is 2.30. The van der Waals surface area contributed by atoms with Crippen molar-refractivity contribution in [2.75, 3.05) is 6.61 Å².